The van der Waals surface area contributed by atoms with Crippen LogP contribution in [0.15, 0.2) is 53.6 Å². The Morgan fingerprint density at radius 2 is 1.90 bits per heavy atom. The first-order valence-electron chi connectivity index (χ1n) is 9.96. The summed E-state index contributed by atoms with van der Waals surface area (Å²) in [5, 5.41) is 8.81. The highest BCUT2D eigenvalue weighted by molar-refractivity contribution is 6.04. The number of amides is 2. The van der Waals surface area contributed by atoms with Crippen molar-refractivity contribution < 1.29 is 14.3 Å². The van der Waals surface area contributed by atoms with Crippen LogP contribution in [0.2, 0.25) is 0 Å². The van der Waals surface area contributed by atoms with Crippen molar-refractivity contribution in [1.29, 1.82) is 0 Å². The topological polar surface area (TPSA) is 71.0 Å². The molecule has 0 bridgehead atoms. The van der Waals surface area contributed by atoms with E-state index in [0.717, 1.165) is 29.0 Å². The van der Waals surface area contributed by atoms with Crippen LogP contribution in [-0.4, -0.2) is 36.2 Å². The van der Waals surface area contributed by atoms with Crippen molar-refractivity contribution >= 4 is 17.5 Å². The second kappa shape index (κ2) is 9.87. The van der Waals surface area contributed by atoms with Gasteiger partial charge in [-0.15, -0.1) is 0 Å². The Morgan fingerprint density at radius 3 is 2.62 bits per heavy atom. The molecule has 1 heterocycles. The quantitative estimate of drug-likeness (QED) is 0.748. The van der Waals surface area contributed by atoms with Gasteiger partial charge in [0.15, 0.2) is 0 Å². The minimum Gasteiger partial charge on any atom is -0.496 e. The van der Waals surface area contributed by atoms with Crippen molar-refractivity contribution in [2.75, 3.05) is 13.7 Å². The number of ether oxygens (including phenoxy) is 1. The molecule has 6 nitrogen and oxygen atoms in total. The molecule has 29 heavy (non-hydrogen) atoms. The summed E-state index contributed by atoms with van der Waals surface area (Å²) in [7, 11) is 1.61. The first kappa shape index (κ1) is 20.6. The zero-order valence-corrected chi connectivity index (χ0v) is 17.0. The van der Waals surface area contributed by atoms with Crippen LogP contribution < -0.4 is 10.1 Å². The molecule has 3 rings (SSSR count). The maximum absolute atomic E-state index is 12.2. The number of para-hydroxylation sites is 1. The van der Waals surface area contributed by atoms with Crippen LogP contribution in [0.5, 0.6) is 5.75 Å². The number of hydrogen-bond acceptors (Lipinski definition) is 4. The summed E-state index contributed by atoms with van der Waals surface area (Å²) in [4.78, 5) is 24.5. The molecule has 1 aliphatic rings. The van der Waals surface area contributed by atoms with E-state index in [1.165, 1.54) is 10.6 Å². The fourth-order valence-electron chi connectivity index (χ4n) is 3.25. The van der Waals surface area contributed by atoms with Gasteiger partial charge in [-0.3, -0.25) is 9.59 Å². The summed E-state index contributed by atoms with van der Waals surface area (Å²) in [6, 6.07) is 15.8. The number of hydrazone groups is 1. The number of methoxy groups -OCH3 is 1. The van der Waals surface area contributed by atoms with Gasteiger partial charge in [0.05, 0.1) is 19.4 Å². The van der Waals surface area contributed by atoms with Gasteiger partial charge in [0.2, 0.25) is 11.8 Å². The minimum absolute atomic E-state index is 0.0449. The lowest BCUT2D eigenvalue weighted by Crippen LogP contribution is -2.35. The van der Waals surface area contributed by atoms with Gasteiger partial charge in [0.1, 0.15) is 5.75 Å². The first-order chi connectivity index (χ1) is 14.1. The summed E-state index contributed by atoms with van der Waals surface area (Å²) in [5.74, 6) is 0.567. The van der Waals surface area contributed by atoms with Gasteiger partial charge < -0.3 is 10.1 Å². The van der Waals surface area contributed by atoms with Crippen molar-refractivity contribution in [3.63, 3.8) is 0 Å². The summed E-state index contributed by atoms with van der Waals surface area (Å²) >= 11 is 0. The molecule has 152 valence electrons. The minimum atomic E-state index is -0.127. The lowest BCUT2D eigenvalue weighted by Gasteiger charge is -2.23. The third-order valence-corrected chi connectivity index (χ3v) is 5.02. The molecule has 0 atom stereocenters. The molecule has 1 N–H and O–H groups in total. The zero-order valence-electron chi connectivity index (χ0n) is 17.0. The molecule has 0 saturated heterocycles. The summed E-state index contributed by atoms with van der Waals surface area (Å²) in [6.07, 6.45) is 2.23. The maximum Gasteiger partial charge on any atom is 0.243 e. The van der Waals surface area contributed by atoms with Crippen LogP contribution in [0.25, 0.3) is 0 Å². The van der Waals surface area contributed by atoms with Gasteiger partial charge in [-0.05, 0) is 23.6 Å². The fraction of sp³-hybridized carbons (Fsp3) is 0.348. The molecule has 0 aromatic heterocycles. The number of carbonyl (C=O) groups excluding carboxylic acids is 2. The molecule has 2 aromatic carbocycles. The number of aryl methyl sites for hydroxylation is 1. The van der Waals surface area contributed by atoms with E-state index in [9.17, 15) is 9.59 Å². The number of rotatable bonds is 8. The maximum atomic E-state index is 12.2. The first-order valence-corrected chi connectivity index (χ1v) is 9.96. The monoisotopic (exact) mass is 393 g/mol. The molecule has 0 radical (unpaired) electrons. The van der Waals surface area contributed by atoms with E-state index >= 15 is 0 Å². The average molecular weight is 393 g/mol. The predicted molar refractivity (Wildman–Crippen MR) is 113 cm³/mol. The molecule has 0 spiro atoms. The highest BCUT2D eigenvalue weighted by Gasteiger charge is 2.21. The number of nitrogens with zero attached hydrogens (tertiary/aromatic N) is 2. The van der Waals surface area contributed by atoms with Crippen LogP contribution in [0, 0.1) is 0 Å². The standard InChI is InChI=1S/C23H27N3O3/c1-3-17-8-10-18(11-9-17)20-12-13-23(28)26(25-20)15-14-22(27)24-16-19-6-4-5-7-21(19)29-2/h4-11H,3,12-16H2,1-2H3,(H,24,27). The number of hydrogen-bond donors (Lipinski definition) is 1. The van der Waals surface area contributed by atoms with E-state index in [4.69, 9.17) is 4.74 Å². The lowest BCUT2D eigenvalue weighted by atomic mass is 10.0. The van der Waals surface area contributed by atoms with E-state index in [1.807, 2.05) is 36.4 Å². The number of nitrogens with one attached hydrogen (secondary N) is 1. The summed E-state index contributed by atoms with van der Waals surface area (Å²) < 4.78 is 5.29. The van der Waals surface area contributed by atoms with E-state index in [2.05, 4.69) is 29.5 Å². The van der Waals surface area contributed by atoms with Crippen molar-refractivity contribution in [3.05, 3.63) is 65.2 Å². The molecule has 2 aromatic rings. The number of benzene rings is 2. The molecule has 0 saturated carbocycles. The van der Waals surface area contributed by atoms with Gasteiger partial charge in [0.25, 0.3) is 0 Å². The van der Waals surface area contributed by atoms with Crippen molar-refractivity contribution in [2.45, 2.75) is 39.2 Å². The average Bonchev–Trinajstić information content (AvgIpc) is 2.77. The predicted octanol–water partition coefficient (Wildman–Crippen LogP) is 3.29. The molecule has 0 aliphatic carbocycles. The van der Waals surface area contributed by atoms with Gasteiger partial charge >= 0.3 is 0 Å². The Labute approximate surface area is 171 Å². The highest BCUT2D eigenvalue weighted by Crippen LogP contribution is 2.18. The highest BCUT2D eigenvalue weighted by atomic mass is 16.5. The molecule has 1 aliphatic heterocycles. The van der Waals surface area contributed by atoms with Crippen LogP contribution in [0.3, 0.4) is 0 Å². The Hall–Kier alpha value is -3.15. The third-order valence-electron chi connectivity index (χ3n) is 5.02. The van der Waals surface area contributed by atoms with Gasteiger partial charge in [0, 0.05) is 31.4 Å². The second-order valence-electron chi connectivity index (χ2n) is 6.95. The number of carbonyl (C=O) groups is 2. The fourth-order valence-corrected chi connectivity index (χ4v) is 3.25. The molecule has 2 amide bonds. The van der Waals surface area contributed by atoms with Crippen molar-refractivity contribution in [3.8, 4) is 5.75 Å². The molecule has 0 fully saturated rings. The van der Waals surface area contributed by atoms with Crippen LogP contribution >= 0.6 is 0 Å². The third kappa shape index (κ3) is 5.44. The Balaban J connectivity index is 1.56. The van der Waals surface area contributed by atoms with E-state index in [-0.39, 0.29) is 24.8 Å². The van der Waals surface area contributed by atoms with E-state index in [1.54, 1.807) is 7.11 Å². The summed E-state index contributed by atoms with van der Waals surface area (Å²) in [6.45, 7) is 2.77. The van der Waals surface area contributed by atoms with E-state index < -0.39 is 0 Å². The molecule has 6 heteroatoms. The lowest BCUT2D eigenvalue weighted by molar-refractivity contribution is -0.132. The molecular weight excluding hydrogens is 366 g/mol. The molecular formula is C23H27N3O3. The van der Waals surface area contributed by atoms with Crippen molar-refractivity contribution in [1.82, 2.24) is 10.3 Å². The van der Waals surface area contributed by atoms with Crippen molar-refractivity contribution in [2.24, 2.45) is 5.10 Å². The van der Waals surface area contributed by atoms with Gasteiger partial charge in [-0.2, -0.15) is 5.10 Å². The van der Waals surface area contributed by atoms with E-state index in [0.29, 0.717) is 19.4 Å². The van der Waals surface area contributed by atoms with Gasteiger partial charge in [-0.25, -0.2) is 5.01 Å². The Bertz CT molecular complexity index is 890. The normalized spacial score (nSPS) is 13.8. The van der Waals surface area contributed by atoms with Crippen LogP contribution in [-0.2, 0) is 22.6 Å². The summed E-state index contributed by atoms with van der Waals surface area (Å²) in [5.41, 5.74) is 4.10. The van der Waals surface area contributed by atoms with Crippen LogP contribution in [0.4, 0.5) is 0 Å². The van der Waals surface area contributed by atoms with Crippen LogP contribution in [0.1, 0.15) is 42.9 Å². The largest absolute Gasteiger partial charge is 0.496 e. The smallest absolute Gasteiger partial charge is 0.243 e. The Kier molecular flexibility index (Phi) is 7.00. The van der Waals surface area contributed by atoms with Gasteiger partial charge in [-0.1, -0.05) is 49.4 Å². The molecule has 0 unspecified atom stereocenters. The Morgan fingerprint density at radius 1 is 1.14 bits per heavy atom. The zero-order chi connectivity index (χ0) is 20.6. The second-order valence-corrected chi connectivity index (χ2v) is 6.95. The SMILES string of the molecule is CCc1ccc(C2=NN(CCC(=O)NCc3ccccc3OC)C(=O)CC2)cc1.